The first kappa shape index (κ1) is 13.5. The van der Waals surface area contributed by atoms with E-state index < -0.39 is 0 Å². The van der Waals surface area contributed by atoms with Crippen LogP contribution in [0.4, 0.5) is 5.69 Å². The highest BCUT2D eigenvalue weighted by atomic mass is 35.5. The van der Waals surface area contributed by atoms with Crippen LogP contribution in [0, 0.1) is 0 Å². The van der Waals surface area contributed by atoms with Crippen LogP contribution < -0.4 is 5.32 Å². The number of halogens is 1. The largest absolute Gasteiger partial charge is 0.383 e. The summed E-state index contributed by atoms with van der Waals surface area (Å²) >= 11 is 8.01. The molecule has 0 amide bonds. The number of nitrogens with zero attached hydrogens (tertiary/aromatic N) is 1. The van der Waals surface area contributed by atoms with E-state index >= 15 is 0 Å². The highest BCUT2D eigenvalue weighted by Gasteiger charge is 2.03. The van der Waals surface area contributed by atoms with Gasteiger partial charge in [-0.2, -0.15) is 11.8 Å². The molecule has 1 N–H and O–H groups in total. The first-order valence-electron chi connectivity index (χ1n) is 6.08. The topological polar surface area (TPSA) is 24.9 Å². The molecule has 2 rings (SSSR count). The van der Waals surface area contributed by atoms with Crippen LogP contribution in [-0.4, -0.2) is 23.5 Å². The third kappa shape index (κ3) is 3.53. The van der Waals surface area contributed by atoms with Gasteiger partial charge < -0.3 is 5.32 Å². The van der Waals surface area contributed by atoms with Crippen molar-refractivity contribution < 1.29 is 0 Å². The summed E-state index contributed by atoms with van der Waals surface area (Å²) in [6.07, 6.45) is 6.36. The quantitative estimate of drug-likeness (QED) is 0.792. The standard InChI is InChI=1S/C14H17ClN2S/c1-18-8-3-2-6-16-13-10-12(15)9-11-5-4-7-17-14(11)13/h4-5,7,9-10,16H,2-3,6,8H2,1H3. The summed E-state index contributed by atoms with van der Waals surface area (Å²) < 4.78 is 0. The van der Waals surface area contributed by atoms with Crippen LogP contribution in [0.3, 0.4) is 0 Å². The van der Waals surface area contributed by atoms with Crippen LogP contribution in [0.5, 0.6) is 0 Å². The number of benzene rings is 1. The van der Waals surface area contributed by atoms with Crippen LogP contribution in [0.2, 0.25) is 5.02 Å². The van der Waals surface area contributed by atoms with Crippen molar-refractivity contribution in [3.05, 3.63) is 35.5 Å². The molecule has 0 aliphatic rings. The molecule has 0 bridgehead atoms. The van der Waals surface area contributed by atoms with Crippen LogP contribution >= 0.6 is 23.4 Å². The Hall–Kier alpha value is -0.930. The zero-order valence-electron chi connectivity index (χ0n) is 10.4. The molecule has 0 saturated heterocycles. The van der Waals surface area contributed by atoms with Gasteiger partial charge in [-0.25, -0.2) is 0 Å². The molecular weight excluding hydrogens is 264 g/mol. The maximum Gasteiger partial charge on any atom is 0.0934 e. The zero-order chi connectivity index (χ0) is 12.8. The molecule has 0 radical (unpaired) electrons. The van der Waals surface area contributed by atoms with E-state index in [4.69, 9.17) is 11.6 Å². The average Bonchev–Trinajstić information content (AvgIpc) is 2.38. The van der Waals surface area contributed by atoms with Gasteiger partial charge in [0.15, 0.2) is 0 Å². The lowest BCUT2D eigenvalue weighted by molar-refractivity contribution is 0.844. The van der Waals surface area contributed by atoms with Crippen LogP contribution in [-0.2, 0) is 0 Å². The Kier molecular flexibility index (Phi) is 5.14. The summed E-state index contributed by atoms with van der Waals surface area (Å²) in [5, 5.41) is 5.26. The molecule has 0 atom stereocenters. The number of fused-ring (bicyclic) bond motifs is 1. The number of pyridine rings is 1. The van der Waals surface area contributed by atoms with Gasteiger partial charge in [0.2, 0.25) is 0 Å². The number of aromatic nitrogens is 1. The summed E-state index contributed by atoms with van der Waals surface area (Å²) in [7, 11) is 0. The number of hydrogen-bond donors (Lipinski definition) is 1. The molecule has 0 aliphatic carbocycles. The molecule has 0 spiro atoms. The van der Waals surface area contributed by atoms with Crippen molar-refractivity contribution in [1.29, 1.82) is 0 Å². The van der Waals surface area contributed by atoms with Crippen LogP contribution in [0.25, 0.3) is 10.9 Å². The molecular formula is C14H17ClN2S. The lowest BCUT2D eigenvalue weighted by Gasteiger charge is -2.09. The number of unbranched alkanes of at least 4 members (excludes halogenated alkanes) is 1. The highest BCUT2D eigenvalue weighted by molar-refractivity contribution is 7.98. The third-order valence-corrected chi connectivity index (χ3v) is 3.68. The van der Waals surface area contributed by atoms with Crippen LogP contribution in [0.15, 0.2) is 30.5 Å². The first-order chi connectivity index (χ1) is 8.81. The van der Waals surface area contributed by atoms with Gasteiger partial charge >= 0.3 is 0 Å². The second kappa shape index (κ2) is 6.86. The Morgan fingerprint density at radius 3 is 3.06 bits per heavy atom. The third-order valence-electron chi connectivity index (χ3n) is 2.76. The Morgan fingerprint density at radius 2 is 2.22 bits per heavy atom. The van der Waals surface area contributed by atoms with Gasteiger partial charge in [-0.05, 0) is 43.0 Å². The summed E-state index contributed by atoms with van der Waals surface area (Å²) in [6.45, 7) is 0.965. The second-order valence-corrected chi connectivity index (χ2v) is 5.58. The maximum absolute atomic E-state index is 6.12. The number of thioether (sulfide) groups is 1. The van der Waals surface area contributed by atoms with Crippen molar-refractivity contribution in [1.82, 2.24) is 4.98 Å². The number of anilines is 1. The minimum Gasteiger partial charge on any atom is -0.383 e. The van der Waals surface area contributed by atoms with Crippen molar-refractivity contribution in [3.8, 4) is 0 Å². The molecule has 2 aromatic rings. The van der Waals surface area contributed by atoms with Gasteiger partial charge in [-0.3, -0.25) is 4.98 Å². The molecule has 1 aromatic carbocycles. The van der Waals surface area contributed by atoms with E-state index in [0.29, 0.717) is 0 Å². The minimum atomic E-state index is 0.752. The number of nitrogens with one attached hydrogen (secondary N) is 1. The SMILES string of the molecule is CSCCCCNc1cc(Cl)cc2cccnc12. The Bertz CT molecular complexity index is 516. The van der Waals surface area contributed by atoms with E-state index in [9.17, 15) is 0 Å². The van der Waals surface area contributed by atoms with E-state index in [-0.39, 0.29) is 0 Å². The average molecular weight is 281 g/mol. The number of rotatable bonds is 6. The van der Waals surface area contributed by atoms with Gasteiger partial charge in [0.1, 0.15) is 0 Å². The normalized spacial score (nSPS) is 10.8. The Labute approximate surface area is 117 Å². The summed E-state index contributed by atoms with van der Waals surface area (Å²) in [6, 6.07) is 7.86. The van der Waals surface area contributed by atoms with E-state index in [1.165, 1.54) is 18.6 Å². The number of hydrogen-bond acceptors (Lipinski definition) is 3. The molecule has 18 heavy (non-hydrogen) atoms. The van der Waals surface area contributed by atoms with E-state index in [0.717, 1.165) is 28.2 Å². The van der Waals surface area contributed by atoms with Gasteiger partial charge in [0.05, 0.1) is 11.2 Å². The molecule has 0 unspecified atom stereocenters. The van der Waals surface area contributed by atoms with Gasteiger partial charge in [-0.1, -0.05) is 17.7 Å². The molecule has 0 aliphatic heterocycles. The zero-order valence-corrected chi connectivity index (χ0v) is 12.0. The van der Waals surface area contributed by atoms with Crippen molar-refractivity contribution in [2.24, 2.45) is 0 Å². The smallest absolute Gasteiger partial charge is 0.0934 e. The predicted octanol–water partition coefficient (Wildman–Crippen LogP) is 4.44. The molecule has 0 fully saturated rings. The van der Waals surface area contributed by atoms with Crippen LogP contribution in [0.1, 0.15) is 12.8 Å². The van der Waals surface area contributed by atoms with Gasteiger partial charge in [0, 0.05) is 23.2 Å². The second-order valence-electron chi connectivity index (χ2n) is 4.16. The molecule has 2 nitrogen and oxygen atoms in total. The molecule has 1 heterocycles. The molecule has 0 saturated carbocycles. The van der Waals surface area contributed by atoms with E-state index in [1.807, 2.05) is 42.2 Å². The maximum atomic E-state index is 6.12. The van der Waals surface area contributed by atoms with E-state index in [1.54, 1.807) is 0 Å². The fourth-order valence-electron chi connectivity index (χ4n) is 1.88. The Balaban J connectivity index is 2.07. The predicted molar refractivity (Wildman–Crippen MR) is 82.9 cm³/mol. The molecule has 1 aromatic heterocycles. The van der Waals surface area contributed by atoms with Crippen molar-refractivity contribution >= 4 is 40.0 Å². The minimum absolute atomic E-state index is 0.752. The van der Waals surface area contributed by atoms with Gasteiger partial charge in [0.25, 0.3) is 0 Å². The van der Waals surface area contributed by atoms with Gasteiger partial charge in [-0.15, -0.1) is 0 Å². The summed E-state index contributed by atoms with van der Waals surface area (Å²) in [5.41, 5.74) is 2.02. The molecule has 4 heteroatoms. The monoisotopic (exact) mass is 280 g/mol. The fourth-order valence-corrected chi connectivity index (χ4v) is 2.60. The highest BCUT2D eigenvalue weighted by Crippen LogP contribution is 2.26. The lowest BCUT2D eigenvalue weighted by Crippen LogP contribution is -2.03. The van der Waals surface area contributed by atoms with Crippen molar-refractivity contribution in [2.45, 2.75) is 12.8 Å². The fraction of sp³-hybridized carbons (Fsp3) is 0.357. The van der Waals surface area contributed by atoms with Crippen molar-refractivity contribution in [3.63, 3.8) is 0 Å². The first-order valence-corrected chi connectivity index (χ1v) is 7.85. The lowest BCUT2D eigenvalue weighted by atomic mass is 10.2. The Morgan fingerprint density at radius 1 is 1.33 bits per heavy atom. The van der Waals surface area contributed by atoms with E-state index in [2.05, 4.69) is 16.6 Å². The molecule has 96 valence electrons. The van der Waals surface area contributed by atoms with Crippen molar-refractivity contribution in [2.75, 3.05) is 23.9 Å². The summed E-state index contributed by atoms with van der Waals surface area (Å²) in [5.74, 6) is 1.22. The summed E-state index contributed by atoms with van der Waals surface area (Å²) in [4.78, 5) is 4.41.